The molecule has 5 nitrogen and oxygen atoms in total. The van der Waals surface area contributed by atoms with E-state index >= 15 is 0 Å². The van der Waals surface area contributed by atoms with Crippen molar-refractivity contribution >= 4 is 12.0 Å². The Kier molecular flexibility index (Phi) is 4.44. The summed E-state index contributed by atoms with van der Waals surface area (Å²) < 4.78 is 0. The predicted molar refractivity (Wildman–Crippen MR) is 67.3 cm³/mol. The van der Waals surface area contributed by atoms with Gasteiger partial charge in [-0.1, -0.05) is 12.8 Å². The fourth-order valence-electron chi connectivity index (χ4n) is 2.72. The van der Waals surface area contributed by atoms with Crippen LogP contribution in [0, 0.1) is 11.8 Å². The molecule has 0 aromatic heterocycles. The Morgan fingerprint density at radius 3 is 2.44 bits per heavy atom. The number of carbonyl (C=O) groups is 2. The van der Waals surface area contributed by atoms with Gasteiger partial charge in [-0.15, -0.1) is 0 Å². The monoisotopic (exact) mass is 254 g/mol. The van der Waals surface area contributed by atoms with Crippen LogP contribution < -0.4 is 10.6 Å². The van der Waals surface area contributed by atoms with Crippen LogP contribution in [0.15, 0.2) is 0 Å². The molecule has 0 bridgehead atoms. The summed E-state index contributed by atoms with van der Waals surface area (Å²) in [7, 11) is 0. The van der Waals surface area contributed by atoms with E-state index in [0.717, 1.165) is 25.8 Å². The maximum Gasteiger partial charge on any atom is 0.315 e. The van der Waals surface area contributed by atoms with E-state index in [-0.39, 0.29) is 18.0 Å². The average molecular weight is 254 g/mol. The van der Waals surface area contributed by atoms with E-state index in [0.29, 0.717) is 12.3 Å². The first-order chi connectivity index (χ1) is 8.65. The molecule has 2 aliphatic carbocycles. The topological polar surface area (TPSA) is 78.4 Å². The molecule has 0 saturated heterocycles. The molecule has 0 spiro atoms. The molecule has 2 atom stereocenters. The van der Waals surface area contributed by atoms with Gasteiger partial charge >= 0.3 is 12.0 Å². The number of nitrogens with one attached hydrogen (secondary N) is 2. The molecule has 0 aromatic carbocycles. The van der Waals surface area contributed by atoms with Crippen LogP contribution in [0.2, 0.25) is 0 Å². The minimum absolute atomic E-state index is 0.0150. The number of urea groups is 1. The number of hydrogen-bond acceptors (Lipinski definition) is 2. The zero-order valence-corrected chi connectivity index (χ0v) is 10.7. The van der Waals surface area contributed by atoms with Crippen LogP contribution >= 0.6 is 0 Å². The molecular formula is C13H22N2O3. The smallest absolute Gasteiger partial charge is 0.315 e. The molecule has 2 fully saturated rings. The van der Waals surface area contributed by atoms with Crippen LogP contribution in [-0.4, -0.2) is 29.7 Å². The van der Waals surface area contributed by atoms with Gasteiger partial charge in [0.25, 0.3) is 0 Å². The number of carbonyl (C=O) groups excluding carboxylic acids is 1. The first kappa shape index (κ1) is 13.2. The lowest BCUT2D eigenvalue weighted by Gasteiger charge is -2.29. The van der Waals surface area contributed by atoms with E-state index in [1.807, 2.05) is 0 Å². The largest absolute Gasteiger partial charge is 0.481 e. The van der Waals surface area contributed by atoms with E-state index in [1.54, 1.807) is 0 Å². The Morgan fingerprint density at radius 2 is 1.83 bits per heavy atom. The molecule has 0 radical (unpaired) electrons. The summed E-state index contributed by atoms with van der Waals surface area (Å²) in [5.41, 5.74) is 0. The van der Waals surface area contributed by atoms with Crippen LogP contribution in [0.25, 0.3) is 0 Å². The van der Waals surface area contributed by atoms with Crippen molar-refractivity contribution in [1.29, 1.82) is 0 Å². The zero-order chi connectivity index (χ0) is 13.0. The molecule has 3 N–H and O–H groups in total. The first-order valence-electron chi connectivity index (χ1n) is 6.92. The van der Waals surface area contributed by atoms with Crippen molar-refractivity contribution in [2.75, 3.05) is 6.54 Å². The standard InChI is InChI=1S/C13H22N2O3/c16-12(17)10-5-2-6-11(7-10)15-13(18)14-8-9-3-1-4-9/h9-11H,1-8H2,(H,16,17)(H2,14,15,18). The van der Waals surface area contributed by atoms with Gasteiger partial charge in [-0.2, -0.15) is 0 Å². The third kappa shape index (κ3) is 3.62. The third-order valence-electron chi connectivity index (χ3n) is 4.13. The summed E-state index contributed by atoms with van der Waals surface area (Å²) in [4.78, 5) is 22.6. The molecule has 2 saturated carbocycles. The molecule has 2 rings (SSSR count). The van der Waals surface area contributed by atoms with E-state index in [9.17, 15) is 9.59 Å². The number of carboxylic acids is 1. The minimum atomic E-state index is -0.739. The average Bonchev–Trinajstić information content (AvgIpc) is 2.27. The van der Waals surface area contributed by atoms with E-state index in [1.165, 1.54) is 19.3 Å². The molecule has 0 aliphatic heterocycles. The number of hydrogen-bond donors (Lipinski definition) is 3. The highest BCUT2D eigenvalue weighted by Crippen LogP contribution is 2.25. The summed E-state index contributed by atoms with van der Waals surface area (Å²) in [6.45, 7) is 0.751. The number of carboxylic acid groups (broad SMARTS) is 1. The lowest BCUT2D eigenvalue weighted by Crippen LogP contribution is -2.46. The van der Waals surface area contributed by atoms with Crippen molar-refractivity contribution in [2.24, 2.45) is 11.8 Å². The van der Waals surface area contributed by atoms with Crippen molar-refractivity contribution in [3.8, 4) is 0 Å². The molecule has 2 unspecified atom stereocenters. The Morgan fingerprint density at radius 1 is 1.11 bits per heavy atom. The number of rotatable bonds is 4. The Hall–Kier alpha value is -1.26. The SMILES string of the molecule is O=C(NCC1CCC1)NC1CCCC(C(=O)O)C1. The fraction of sp³-hybridized carbons (Fsp3) is 0.846. The van der Waals surface area contributed by atoms with Gasteiger partial charge in [0.05, 0.1) is 5.92 Å². The lowest BCUT2D eigenvalue weighted by molar-refractivity contribution is -0.143. The fourth-order valence-corrected chi connectivity index (χ4v) is 2.72. The van der Waals surface area contributed by atoms with E-state index in [4.69, 9.17) is 5.11 Å². The van der Waals surface area contributed by atoms with Crippen molar-refractivity contribution in [3.63, 3.8) is 0 Å². The maximum absolute atomic E-state index is 11.7. The second kappa shape index (κ2) is 6.07. The Labute approximate surface area is 107 Å². The van der Waals surface area contributed by atoms with E-state index in [2.05, 4.69) is 10.6 Å². The van der Waals surface area contributed by atoms with Crippen LogP contribution in [0.5, 0.6) is 0 Å². The molecule has 18 heavy (non-hydrogen) atoms. The Bertz CT molecular complexity index is 315. The molecule has 0 aromatic rings. The molecule has 102 valence electrons. The molecule has 0 heterocycles. The predicted octanol–water partition coefficient (Wildman–Crippen LogP) is 1.73. The molecule has 2 amide bonds. The van der Waals surface area contributed by atoms with Crippen LogP contribution in [-0.2, 0) is 4.79 Å². The second-order valence-electron chi connectivity index (χ2n) is 5.55. The first-order valence-corrected chi connectivity index (χ1v) is 6.92. The lowest BCUT2D eigenvalue weighted by atomic mass is 9.85. The van der Waals surface area contributed by atoms with Crippen molar-refractivity contribution in [2.45, 2.75) is 51.0 Å². The minimum Gasteiger partial charge on any atom is -0.481 e. The quantitative estimate of drug-likeness (QED) is 0.715. The molecular weight excluding hydrogens is 232 g/mol. The van der Waals surface area contributed by atoms with Crippen molar-refractivity contribution in [3.05, 3.63) is 0 Å². The summed E-state index contributed by atoms with van der Waals surface area (Å²) >= 11 is 0. The molecule has 2 aliphatic rings. The zero-order valence-electron chi connectivity index (χ0n) is 10.7. The van der Waals surface area contributed by atoms with Crippen molar-refractivity contribution < 1.29 is 14.7 Å². The normalized spacial score (nSPS) is 28.2. The summed E-state index contributed by atoms with van der Waals surface area (Å²) in [5.74, 6) is -0.388. The van der Waals surface area contributed by atoms with Gasteiger partial charge in [0, 0.05) is 12.6 Å². The van der Waals surface area contributed by atoms with Gasteiger partial charge in [-0.25, -0.2) is 4.79 Å². The maximum atomic E-state index is 11.7. The highest BCUT2D eigenvalue weighted by atomic mass is 16.4. The Balaban J connectivity index is 1.67. The number of aliphatic carboxylic acids is 1. The second-order valence-corrected chi connectivity index (χ2v) is 5.55. The van der Waals surface area contributed by atoms with Crippen LogP contribution in [0.1, 0.15) is 44.9 Å². The summed E-state index contributed by atoms with van der Waals surface area (Å²) in [5, 5.41) is 14.7. The third-order valence-corrected chi connectivity index (χ3v) is 4.13. The summed E-state index contributed by atoms with van der Waals surface area (Å²) in [6, 6.07) is -0.126. The van der Waals surface area contributed by atoms with Gasteiger partial charge in [-0.05, 0) is 38.0 Å². The molecule has 5 heteroatoms. The highest BCUT2D eigenvalue weighted by molar-refractivity contribution is 5.74. The summed E-state index contributed by atoms with van der Waals surface area (Å²) in [6.07, 6.45) is 6.76. The van der Waals surface area contributed by atoms with Gasteiger partial charge in [0.15, 0.2) is 0 Å². The van der Waals surface area contributed by atoms with Crippen molar-refractivity contribution in [1.82, 2.24) is 10.6 Å². The van der Waals surface area contributed by atoms with Gasteiger partial charge in [0.1, 0.15) is 0 Å². The highest BCUT2D eigenvalue weighted by Gasteiger charge is 2.28. The van der Waals surface area contributed by atoms with Crippen LogP contribution in [0.3, 0.4) is 0 Å². The van der Waals surface area contributed by atoms with E-state index < -0.39 is 5.97 Å². The van der Waals surface area contributed by atoms with Gasteiger partial charge in [0.2, 0.25) is 0 Å². The number of amides is 2. The van der Waals surface area contributed by atoms with Gasteiger partial charge in [-0.3, -0.25) is 4.79 Å². The van der Waals surface area contributed by atoms with Gasteiger partial charge < -0.3 is 15.7 Å². The van der Waals surface area contributed by atoms with Crippen LogP contribution in [0.4, 0.5) is 4.79 Å².